The normalized spacial score (nSPS) is 28.4. The Bertz CT molecular complexity index is 230. The average Bonchev–Trinajstić information content (AvgIpc) is 2.83. The van der Waals surface area contributed by atoms with Gasteiger partial charge in [0, 0.05) is 32.7 Å². The molecule has 0 aromatic carbocycles. The number of hydrogen-bond donors (Lipinski definition) is 0. The van der Waals surface area contributed by atoms with E-state index in [-0.39, 0.29) is 5.92 Å². The summed E-state index contributed by atoms with van der Waals surface area (Å²) >= 11 is 0. The van der Waals surface area contributed by atoms with Gasteiger partial charge in [-0.2, -0.15) is 0 Å². The molecule has 0 N–H and O–H groups in total. The molecule has 0 aromatic rings. The number of likely N-dealkylation sites (tertiary alicyclic amines) is 1. The van der Waals surface area contributed by atoms with E-state index in [4.69, 9.17) is 9.47 Å². The monoisotopic (exact) mass is 227 g/mol. The van der Waals surface area contributed by atoms with Gasteiger partial charge < -0.3 is 9.47 Å². The zero-order valence-corrected chi connectivity index (χ0v) is 9.98. The molecule has 0 saturated carbocycles. The Labute approximate surface area is 96.9 Å². The van der Waals surface area contributed by atoms with Crippen LogP contribution in [0.3, 0.4) is 0 Å². The predicted molar refractivity (Wildman–Crippen MR) is 60.4 cm³/mol. The van der Waals surface area contributed by atoms with Crippen molar-refractivity contribution in [1.29, 1.82) is 0 Å². The molecule has 16 heavy (non-hydrogen) atoms. The molecule has 0 aromatic heterocycles. The van der Waals surface area contributed by atoms with E-state index in [1.54, 1.807) is 7.11 Å². The fourth-order valence-corrected chi connectivity index (χ4v) is 2.44. The average molecular weight is 227 g/mol. The minimum atomic E-state index is 0.153. The zero-order chi connectivity index (χ0) is 11.4. The minimum absolute atomic E-state index is 0.153. The zero-order valence-electron chi connectivity index (χ0n) is 9.98. The van der Waals surface area contributed by atoms with Crippen molar-refractivity contribution in [2.75, 3.05) is 40.0 Å². The van der Waals surface area contributed by atoms with Crippen molar-refractivity contribution < 1.29 is 14.3 Å². The van der Waals surface area contributed by atoms with Crippen LogP contribution in [0.2, 0.25) is 0 Å². The number of hydrogen-bond acceptors (Lipinski definition) is 4. The van der Waals surface area contributed by atoms with Gasteiger partial charge in [-0.15, -0.1) is 0 Å². The summed E-state index contributed by atoms with van der Waals surface area (Å²) in [6.07, 6.45) is 3.39. The van der Waals surface area contributed by atoms with Gasteiger partial charge in [-0.25, -0.2) is 0 Å². The molecule has 2 fully saturated rings. The van der Waals surface area contributed by atoms with Crippen LogP contribution < -0.4 is 0 Å². The van der Waals surface area contributed by atoms with Crippen LogP contribution in [0.15, 0.2) is 0 Å². The van der Waals surface area contributed by atoms with Gasteiger partial charge in [-0.05, 0) is 19.3 Å². The van der Waals surface area contributed by atoms with Crippen molar-refractivity contribution >= 4 is 5.78 Å². The highest BCUT2D eigenvalue weighted by Crippen LogP contribution is 2.17. The van der Waals surface area contributed by atoms with Gasteiger partial charge >= 0.3 is 0 Å². The first kappa shape index (κ1) is 12.0. The van der Waals surface area contributed by atoms with Gasteiger partial charge in [0.2, 0.25) is 0 Å². The largest absolute Gasteiger partial charge is 0.381 e. The third-order valence-corrected chi connectivity index (χ3v) is 3.63. The maximum absolute atomic E-state index is 11.9. The van der Waals surface area contributed by atoms with Crippen LogP contribution >= 0.6 is 0 Å². The van der Waals surface area contributed by atoms with E-state index in [1.165, 1.54) is 0 Å². The fraction of sp³-hybridized carbons (Fsp3) is 0.917. The molecule has 1 unspecified atom stereocenters. The molecule has 0 amide bonds. The van der Waals surface area contributed by atoms with Crippen molar-refractivity contribution in [3.05, 3.63) is 0 Å². The van der Waals surface area contributed by atoms with Crippen molar-refractivity contribution in [1.82, 2.24) is 4.90 Å². The highest BCUT2D eigenvalue weighted by molar-refractivity contribution is 5.83. The number of carbonyl (C=O) groups excluding carboxylic acids is 1. The van der Waals surface area contributed by atoms with Crippen molar-refractivity contribution in [2.45, 2.75) is 25.4 Å². The molecule has 2 rings (SSSR count). The summed E-state index contributed by atoms with van der Waals surface area (Å²) in [7, 11) is 1.77. The lowest BCUT2D eigenvalue weighted by Crippen LogP contribution is -2.41. The highest BCUT2D eigenvalue weighted by Gasteiger charge is 2.26. The molecule has 4 heteroatoms. The van der Waals surface area contributed by atoms with Gasteiger partial charge in [0.1, 0.15) is 0 Å². The second-order valence-electron chi connectivity index (χ2n) is 4.74. The molecular formula is C12H21NO3. The van der Waals surface area contributed by atoms with Gasteiger partial charge in [-0.1, -0.05) is 0 Å². The molecule has 1 atom stereocenters. The van der Waals surface area contributed by atoms with Crippen LogP contribution in [0.25, 0.3) is 0 Å². The summed E-state index contributed by atoms with van der Waals surface area (Å²) in [6, 6.07) is 0. The number of carbonyl (C=O) groups is 1. The fourth-order valence-electron chi connectivity index (χ4n) is 2.44. The molecule has 0 radical (unpaired) electrons. The molecular weight excluding hydrogens is 206 g/mol. The van der Waals surface area contributed by atoms with Crippen LogP contribution in [-0.4, -0.2) is 56.7 Å². The second kappa shape index (κ2) is 5.75. The number of rotatable bonds is 4. The molecule has 2 aliphatic heterocycles. The molecule has 4 nitrogen and oxygen atoms in total. The van der Waals surface area contributed by atoms with Gasteiger partial charge in [-0.3, -0.25) is 9.69 Å². The van der Waals surface area contributed by atoms with Gasteiger partial charge in [0.15, 0.2) is 5.78 Å². The quantitative estimate of drug-likeness (QED) is 0.709. The van der Waals surface area contributed by atoms with E-state index < -0.39 is 0 Å². The molecule has 2 heterocycles. The first-order valence-corrected chi connectivity index (χ1v) is 6.15. The molecule has 2 aliphatic rings. The number of ether oxygens (including phenoxy) is 2. The highest BCUT2D eigenvalue weighted by atomic mass is 16.5. The van der Waals surface area contributed by atoms with Crippen LogP contribution in [0.5, 0.6) is 0 Å². The van der Waals surface area contributed by atoms with Crippen LogP contribution in [-0.2, 0) is 14.3 Å². The molecule has 92 valence electrons. The Morgan fingerprint density at radius 3 is 2.69 bits per heavy atom. The Balaban J connectivity index is 1.71. The first-order chi connectivity index (χ1) is 7.79. The summed E-state index contributed by atoms with van der Waals surface area (Å²) < 4.78 is 10.6. The smallest absolute Gasteiger partial charge is 0.152 e. The Morgan fingerprint density at radius 2 is 2.12 bits per heavy atom. The lowest BCUT2D eigenvalue weighted by Gasteiger charge is -2.31. The van der Waals surface area contributed by atoms with Crippen molar-refractivity contribution in [3.8, 4) is 0 Å². The number of piperidine rings is 1. The number of methoxy groups -OCH3 is 1. The standard InChI is InChI=1S/C12H21NO3/c1-15-11-2-5-13(6-3-11)8-12(14)10-4-7-16-9-10/h10-11H,2-9H2,1H3. The number of Topliss-reactive ketones (excluding diaryl/α,β-unsaturated/α-hetero) is 1. The Morgan fingerprint density at radius 1 is 1.38 bits per heavy atom. The lowest BCUT2D eigenvalue weighted by molar-refractivity contribution is -0.124. The summed E-state index contributed by atoms with van der Waals surface area (Å²) in [5, 5.41) is 0. The summed E-state index contributed by atoms with van der Waals surface area (Å²) in [4.78, 5) is 14.2. The lowest BCUT2D eigenvalue weighted by atomic mass is 10.0. The maximum Gasteiger partial charge on any atom is 0.152 e. The van der Waals surface area contributed by atoms with Crippen LogP contribution in [0.4, 0.5) is 0 Å². The topological polar surface area (TPSA) is 38.8 Å². The van der Waals surface area contributed by atoms with Crippen LogP contribution in [0.1, 0.15) is 19.3 Å². The van der Waals surface area contributed by atoms with E-state index in [0.717, 1.165) is 39.0 Å². The minimum Gasteiger partial charge on any atom is -0.381 e. The predicted octanol–water partition coefficient (Wildman–Crippen LogP) is 0.703. The van der Waals surface area contributed by atoms with E-state index in [2.05, 4.69) is 4.90 Å². The van der Waals surface area contributed by atoms with E-state index >= 15 is 0 Å². The SMILES string of the molecule is COC1CCN(CC(=O)C2CCOC2)CC1. The summed E-state index contributed by atoms with van der Waals surface area (Å²) in [5.74, 6) is 0.508. The summed E-state index contributed by atoms with van der Waals surface area (Å²) in [6.45, 7) is 3.95. The number of nitrogens with zero attached hydrogens (tertiary/aromatic N) is 1. The molecule has 0 aliphatic carbocycles. The molecule has 2 saturated heterocycles. The van der Waals surface area contributed by atoms with Gasteiger partial charge in [0.05, 0.1) is 19.3 Å². The first-order valence-electron chi connectivity index (χ1n) is 6.15. The molecule has 0 bridgehead atoms. The van der Waals surface area contributed by atoms with Gasteiger partial charge in [0.25, 0.3) is 0 Å². The molecule has 0 spiro atoms. The third-order valence-electron chi connectivity index (χ3n) is 3.63. The van der Waals surface area contributed by atoms with E-state index in [9.17, 15) is 4.79 Å². The second-order valence-corrected chi connectivity index (χ2v) is 4.74. The Kier molecular flexibility index (Phi) is 4.32. The van der Waals surface area contributed by atoms with Crippen molar-refractivity contribution in [3.63, 3.8) is 0 Å². The van der Waals surface area contributed by atoms with E-state index in [0.29, 0.717) is 25.0 Å². The number of ketones is 1. The van der Waals surface area contributed by atoms with Crippen molar-refractivity contribution in [2.24, 2.45) is 5.92 Å². The van der Waals surface area contributed by atoms with Crippen LogP contribution in [0, 0.1) is 5.92 Å². The Hall–Kier alpha value is -0.450. The third kappa shape index (κ3) is 3.03. The maximum atomic E-state index is 11.9. The van der Waals surface area contributed by atoms with E-state index in [1.807, 2.05) is 0 Å². The summed E-state index contributed by atoms with van der Waals surface area (Å²) in [5.41, 5.74) is 0.